The third-order valence-electron chi connectivity index (χ3n) is 10.4. The fourth-order valence-corrected chi connectivity index (χ4v) is 11.4. The summed E-state index contributed by atoms with van der Waals surface area (Å²) in [7, 11) is 0. The number of allylic oxidation sites excluding steroid dienone is 11. The molecule has 7 aliphatic rings. The largest absolute Gasteiger partial charge is 0.146 e. The molecule has 8 unspecified atom stereocenters. The molecule has 0 aromatic carbocycles. The lowest BCUT2D eigenvalue weighted by Crippen LogP contribution is -2.56. The molecule has 1 heteroatoms. The average molecular weight is 441 g/mol. The highest BCUT2D eigenvalue weighted by molar-refractivity contribution is 8.00. The lowest BCUT2D eigenvalue weighted by molar-refractivity contribution is -0.000919. The number of thioether (sulfide) groups is 1. The summed E-state index contributed by atoms with van der Waals surface area (Å²) in [6, 6.07) is 0. The van der Waals surface area contributed by atoms with Crippen LogP contribution in [0.4, 0.5) is 0 Å². The third-order valence-corrected chi connectivity index (χ3v) is 12.0. The van der Waals surface area contributed by atoms with Gasteiger partial charge in [-0.2, -0.15) is 0 Å². The molecule has 1 spiro atoms. The van der Waals surface area contributed by atoms with Gasteiger partial charge in [-0.3, -0.25) is 0 Å². The molecule has 0 aromatic heterocycles. The second kappa shape index (κ2) is 7.52. The van der Waals surface area contributed by atoms with E-state index in [9.17, 15) is 0 Å². The highest BCUT2D eigenvalue weighted by Gasteiger charge is 2.69. The van der Waals surface area contributed by atoms with E-state index in [0.29, 0.717) is 33.7 Å². The molecule has 7 rings (SSSR count). The predicted molar refractivity (Wildman–Crippen MR) is 137 cm³/mol. The van der Waals surface area contributed by atoms with Crippen LogP contribution >= 0.6 is 11.8 Å². The van der Waals surface area contributed by atoms with Crippen molar-refractivity contribution in [3.05, 3.63) is 84.1 Å². The van der Waals surface area contributed by atoms with Crippen LogP contribution in [-0.2, 0) is 0 Å². The van der Waals surface area contributed by atoms with E-state index in [2.05, 4.69) is 79.1 Å². The smallest absolute Gasteiger partial charge is 0.0304 e. The van der Waals surface area contributed by atoms with E-state index >= 15 is 0 Å². The Labute approximate surface area is 198 Å². The van der Waals surface area contributed by atoms with Gasteiger partial charge in [0.2, 0.25) is 0 Å². The maximum Gasteiger partial charge on any atom is 0.0304 e. The van der Waals surface area contributed by atoms with Crippen molar-refractivity contribution in [1.29, 1.82) is 0 Å². The topological polar surface area (TPSA) is 0 Å². The minimum Gasteiger partial charge on any atom is -0.146 e. The fourth-order valence-electron chi connectivity index (χ4n) is 9.68. The Morgan fingerprint density at radius 3 is 2.25 bits per heavy atom. The number of rotatable bonds is 1. The van der Waals surface area contributed by atoms with Crippen molar-refractivity contribution in [2.24, 2.45) is 40.9 Å². The van der Waals surface area contributed by atoms with Crippen molar-refractivity contribution < 1.29 is 0 Å². The van der Waals surface area contributed by atoms with E-state index in [1.165, 1.54) is 51.4 Å². The first kappa shape index (κ1) is 20.0. The van der Waals surface area contributed by atoms with Crippen molar-refractivity contribution >= 4 is 11.8 Å². The highest BCUT2D eigenvalue weighted by atomic mass is 32.2. The molecule has 1 heterocycles. The van der Waals surface area contributed by atoms with Crippen molar-refractivity contribution in [1.82, 2.24) is 0 Å². The van der Waals surface area contributed by atoms with Gasteiger partial charge in [-0.05, 0) is 97.9 Å². The molecular formula is C31H36S. The molecule has 1 saturated carbocycles. The van der Waals surface area contributed by atoms with Crippen molar-refractivity contribution in [3.8, 4) is 0 Å². The standard InChI is InChI=1S/C31H36S/c1-2-20-11-9-15-25-29(20)30-22-12-4-3-10-21(22)18-19-26(30)31(25)23-13-5-7-16-27(23)32-28-17-8-6-14-24(28)31/h2,5-8,11,13-14,16-17,23-30H,1,3-4,9-10,12,15,18-19H2. The fraction of sp³-hybridized carbons (Fsp3) is 0.548. The van der Waals surface area contributed by atoms with E-state index in [1.807, 2.05) is 11.1 Å². The van der Waals surface area contributed by atoms with Crippen LogP contribution in [-0.4, -0.2) is 10.5 Å². The van der Waals surface area contributed by atoms with Crippen LogP contribution in [0, 0.1) is 40.9 Å². The summed E-state index contributed by atoms with van der Waals surface area (Å²) in [5.41, 5.74) is 5.78. The third kappa shape index (κ3) is 2.53. The maximum absolute atomic E-state index is 4.34. The van der Waals surface area contributed by atoms with E-state index in [0.717, 1.165) is 17.8 Å². The van der Waals surface area contributed by atoms with Gasteiger partial charge in [0.1, 0.15) is 0 Å². The summed E-state index contributed by atoms with van der Waals surface area (Å²) in [5.74, 6) is 4.44. The lowest BCUT2D eigenvalue weighted by Gasteiger charge is -2.59. The summed E-state index contributed by atoms with van der Waals surface area (Å²) in [6.07, 6.45) is 35.7. The second-order valence-corrected chi connectivity index (χ2v) is 12.6. The van der Waals surface area contributed by atoms with Gasteiger partial charge >= 0.3 is 0 Å². The van der Waals surface area contributed by atoms with Gasteiger partial charge in [-0.1, -0.05) is 78.5 Å². The summed E-state index contributed by atoms with van der Waals surface area (Å²) >= 11 is 2.25. The molecule has 0 N–H and O–H groups in total. The Morgan fingerprint density at radius 2 is 1.50 bits per heavy atom. The molecule has 1 saturated heterocycles. The van der Waals surface area contributed by atoms with E-state index in [1.54, 1.807) is 5.57 Å². The zero-order chi connectivity index (χ0) is 21.3. The zero-order valence-electron chi connectivity index (χ0n) is 19.2. The van der Waals surface area contributed by atoms with Gasteiger partial charge in [0.05, 0.1) is 0 Å². The monoisotopic (exact) mass is 440 g/mol. The quantitative estimate of drug-likeness (QED) is 0.372. The van der Waals surface area contributed by atoms with Crippen LogP contribution in [0.25, 0.3) is 0 Å². The van der Waals surface area contributed by atoms with Gasteiger partial charge in [0.25, 0.3) is 0 Å². The first-order chi connectivity index (χ1) is 15.8. The zero-order valence-corrected chi connectivity index (χ0v) is 20.0. The maximum atomic E-state index is 4.34. The first-order valence-corrected chi connectivity index (χ1v) is 14.2. The normalized spacial score (nSPS) is 47.9. The Kier molecular flexibility index (Phi) is 4.69. The van der Waals surface area contributed by atoms with Crippen LogP contribution in [0.5, 0.6) is 0 Å². The molecule has 2 fully saturated rings. The van der Waals surface area contributed by atoms with E-state index in [4.69, 9.17) is 0 Å². The predicted octanol–water partition coefficient (Wildman–Crippen LogP) is 7.99. The Hall–Kier alpha value is -1.47. The molecule has 0 aromatic rings. The average Bonchev–Trinajstić information content (AvgIpc) is 3.16. The van der Waals surface area contributed by atoms with Crippen LogP contribution in [0.15, 0.2) is 84.1 Å². The number of fused-ring (bicyclic) bond motifs is 10. The molecule has 0 bridgehead atoms. The molecular weight excluding hydrogens is 404 g/mol. The van der Waals surface area contributed by atoms with Gasteiger partial charge in [0.15, 0.2) is 0 Å². The summed E-state index contributed by atoms with van der Waals surface area (Å²) in [5, 5.41) is 1.27. The lowest BCUT2D eigenvalue weighted by atomic mass is 9.50. The molecule has 8 atom stereocenters. The van der Waals surface area contributed by atoms with Crippen LogP contribution in [0.1, 0.15) is 51.4 Å². The second-order valence-electron chi connectivity index (χ2n) is 11.3. The number of hydrogen-bond acceptors (Lipinski definition) is 1. The molecule has 0 amide bonds. The summed E-state index contributed by atoms with van der Waals surface area (Å²) < 4.78 is 0. The molecule has 1 aliphatic heterocycles. The Bertz CT molecular complexity index is 965. The highest BCUT2D eigenvalue weighted by Crippen LogP contribution is 2.74. The van der Waals surface area contributed by atoms with Crippen molar-refractivity contribution in [2.75, 3.05) is 0 Å². The minimum absolute atomic E-state index is 0.386. The molecule has 32 heavy (non-hydrogen) atoms. The van der Waals surface area contributed by atoms with Crippen molar-refractivity contribution in [3.63, 3.8) is 0 Å². The van der Waals surface area contributed by atoms with Crippen LogP contribution in [0.2, 0.25) is 0 Å². The van der Waals surface area contributed by atoms with Crippen molar-refractivity contribution in [2.45, 2.75) is 61.9 Å². The van der Waals surface area contributed by atoms with E-state index in [-0.39, 0.29) is 0 Å². The molecule has 0 radical (unpaired) electrons. The number of hydrogen-bond donors (Lipinski definition) is 0. The molecule has 6 aliphatic carbocycles. The first-order valence-electron chi connectivity index (χ1n) is 13.2. The van der Waals surface area contributed by atoms with Crippen LogP contribution in [0.3, 0.4) is 0 Å². The Morgan fingerprint density at radius 1 is 0.812 bits per heavy atom. The van der Waals surface area contributed by atoms with Gasteiger partial charge < -0.3 is 0 Å². The van der Waals surface area contributed by atoms with E-state index < -0.39 is 0 Å². The summed E-state index contributed by atoms with van der Waals surface area (Å²) in [4.78, 5) is 0. The SMILES string of the molecule is C=CC1=CCCC2C1C1C3=C(CCCC3)CCC1C21C2C=CC=CC2SC2C=CC=CC21. The van der Waals surface area contributed by atoms with Gasteiger partial charge in [-0.25, -0.2) is 0 Å². The molecule has 0 nitrogen and oxygen atoms in total. The molecule has 166 valence electrons. The Balaban J connectivity index is 1.47. The minimum atomic E-state index is 0.386. The van der Waals surface area contributed by atoms with Gasteiger partial charge in [-0.15, -0.1) is 11.8 Å². The van der Waals surface area contributed by atoms with Gasteiger partial charge in [0, 0.05) is 10.5 Å². The summed E-state index contributed by atoms with van der Waals surface area (Å²) in [6.45, 7) is 4.34. The van der Waals surface area contributed by atoms with Crippen LogP contribution < -0.4 is 0 Å².